The van der Waals surface area contributed by atoms with Crippen LogP contribution in [0.3, 0.4) is 0 Å². The number of nitriles is 1. The molecule has 0 spiro atoms. The zero-order valence-corrected chi connectivity index (χ0v) is 13.9. The van der Waals surface area contributed by atoms with Crippen molar-refractivity contribution in [1.29, 1.82) is 5.26 Å². The molecule has 0 unspecified atom stereocenters. The molecule has 126 valence electrons. The van der Waals surface area contributed by atoms with E-state index in [1.807, 2.05) is 25.1 Å². The molecule has 1 amide bonds. The highest BCUT2D eigenvalue weighted by molar-refractivity contribution is 6.04. The normalized spacial score (nSPS) is 10.5. The van der Waals surface area contributed by atoms with E-state index in [2.05, 4.69) is 15.4 Å². The summed E-state index contributed by atoms with van der Waals surface area (Å²) in [6, 6.07) is 15.9. The van der Waals surface area contributed by atoms with E-state index in [0.29, 0.717) is 16.9 Å². The van der Waals surface area contributed by atoms with Crippen LogP contribution in [0, 0.1) is 18.3 Å². The first-order chi connectivity index (χ1) is 12.0. The second kappa shape index (κ2) is 8.31. The van der Waals surface area contributed by atoms with Crippen molar-refractivity contribution in [2.24, 2.45) is 0 Å². The SMILES string of the molecule is COC(=O)/C(C#N)=C\Nc1ccc(NC(=O)c2cccc(C)c2)cc1. The molecular formula is C19H17N3O3. The fraction of sp³-hybridized carbons (Fsp3) is 0.105. The van der Waals surface area contributed by atoms with Gasteiger partial charge in [0.1, 0.15) is 6.07 Å². The van der Waals surface area contributed by atoms with Crippen molar-refractivity contribution in [1.82, 2.24) is 0 Å². The largest absolute Gasteiger partial charge is 0.465 e. The zero-order valence-electron chi connectivity index (χ0n) is 13.9. The van der Waals surface area contributed by atoms with Crippen LogP contribution in [0.2, 0.25) is 0 Å². The number of methoxy groups -OCH3 is 1. The lowest BCUT2D eigenvalue weighted by Gasteiger charge is -2.07. The van der Waals surface area contributed by atoms with E-state index in [4.69, 9.17) is 5.26 Å². The second-order valence-electron chi connectivity index (χ2n) is 5.21. The molecule has 0 saturated carbocycles. The molecule has 0 aliphatic heterocycles. The summed E-state index contributed by atoms with van der Waals surface area (Å²) in [5, 5.41) is 14.5. The molecule has 0 aliphatic carbocycles. The maximum atomic E-state index is 12.2. The zero-order chi connectivity index (χ0) is 18.2. The smallest absolute Gasteiger partial charge is 0.350 e. The van der Waals surface area contributed by atoms with Gasteiger partial charge in [-0.3, -0.25) is 4.79 Å². The van der Waals surface area contributed by atoms with Gasteiger partial charge in [0, 0.05) is 23.1 Å². The molecule has 25 heavy (non-hydrogen) atoms. The van der Waals surface area contributed by atoms with Crippen LogP contribution < -0.4 is 10.6 Å². The fourth-order valence-corrected chi connectivity index (χ4v) is 2.04. The van der Waals surface area contributed by atoms with Crippen molar-refractivity contribution in [3.63, 3.8) is 0 Å². The summed E-state index contributed by atoms with van der Waals surface area (Å²) < 4.78 is 4.49. The van der Waals surface area contributed by atoms with Crippen molar-refractivity contribution >= 4 is 23.3 Å². The Bertz CT molecular complexity index is 849. The molecule has 2 aromatic carbocycles. The summed E-state index contributed by atoms with van der Waals surface area (Å²) in [5.74, 6) is -0.904. The van der Waals surface area contributed by atoms with Gasteiger partial charge in [-0.2, -0.15) is 5.26 Å². The highest BCUT2D eigenvalue weighted by Crippen LogP contribution is 2.15. The average Bonchev–Trinajstić information content (AvgIpc) is 2.63. The van der Waals surface area contributed by atoms with E-state index in [1.54, 1.807) is 36.4 Å². The maximum absolute atomic E-state index is 12.2. The number of hydrogen-bond acceptors (Lipinski definition) is 5. The monoisotopic (exact) mass is 335 g/mol. The lowest BCUT2D eigenvalue weighted by atomic mass is 10.1. The highest BCUT2D eigenvalue weighted by atomic mass is 16.5. The van der Waals surface area contributed by atoms with Gasteiger partial charge in [0.25, 0.3) is 5.91 Å². The van der Waals surface area contributed by atoms with Gasteiger partial charge >= 0.3 is 5.97 Å². The minimum Gasteiger partial charge on any atom is -0.465 e. The first-order valence-corrected chi connectivity index (χ1v) is 7.46. The molecular weight excluding hydrogens is 318 g/mol. The van der Waals surface area contributed by atoms with Gasteiger partial charge < -0.3 is 15.4 Å². The van der Waals surface area contributed by atoms with Gasteiger partial charge in [-0.1, -0.05) is 17.7 Å². The van der Waals surface area contributed by atoms with Gasteiger partial charge in [0.2, 0.25) is 0 Å². The summed E-state index contributed by atoms with van der Waals surface area (Å²) in [6.07, 6.45) is 1.27. The van der Waals surface area contributed by atoms with Crippen molar-refractivity contribution < 1.29 is 14.3 Å². The number of carbonyl (C=O) groups is 2. The number of hydrogen-bond donors (Lipinski definition) is 2. The maximum Gasteiger partial charge on any atom is 0.350 e. The van der Waals surface area contributed by atoms with Gasteiger partial charge in [0.05, 0.1) is 7.11 Å². The third-order valence-corrected chi connectivity index (χ3v) is 3.33. The Morgan fingerprint density at radius 3 is 2.40 bits per heavy atom. The first-order valence-electron chi connectivity index (χ1n) is 7.46. The standard InChI is InChI=1S/C19H17N3O3/c1-13-4-3-5-14(10-13)18(23)22-17-8-6-16(7-9-17)21-12-15(11-20)19(24)25-2/h3-10,12,21H,1-2H3,(H,22,23)/b15-12-. The van der Waals surface area contributed by atoms with E-state index in [9.17, 15) is 9.59 Å². The summed E-state index contributed by atoms with van der Waals surface area (Å²) in [5.41, 5.74) is 2.75. The molecule has 2 aromatic rings. The number of aryl methyl sites for hydroxylation is 1. The number of amides is 1. The van der Waals surface area contributed by atoms with Crippen LogP contribution in [0.1, 0.15) is 15.9 Å². The molecule has 6 heteroatoms. The summed E-state index contributed by atoms with van der Waals surface area (Å²) in [6.45, 7) is 1.93. The topological polar surface area (TPSA) is 91.2 Å². The Kier molecular flexibility index (Phi) is 5.91. The molecule has 0 aliphatic rings. The highest BCUT2D eigenvalue weighted by Gasteiger charge is 2.08. The minimum atomic E-state index is -0.711. The third kappa shape index (κ3) is 4.94. The lowest BCUT2D eigenvalue weighted by molar-refractivity contribution is -0.135. The van der Waals surface area contributed by atoms with Crippen molar-refractivity contribution in [3.8, 4) is 6.07 Å². The third-order valence-electron chi connectivity index (χ3n) is 3.33. The van der Waals surface area contributed by atoms with Crippen molar-refractivity contribution in [2.45, 2.75) is 6.92 Å². The number of anilines is 2. The molecule has 0 bridgehead atoms. The van der Waals surface area contributed by atoms with Crippen LogP contribution in [0.5, 0.6) is 0 Å². The van der Waals surface area contributed by atoms with Gasteiger partial charge in [-0.25, -0.2) is 4.79 Å². The fourth-order valence-electron chi connectivity index (χ4n) is 2.04. The number of nitrogens with zero attached hydrogens (tertiary/aromatic N) is 1. The van der Waals surface area contributed by atoms with Crippen LogP contribution in [0.15, 0.2) is 60.3 Å². The molecule has 6 nitrogen and oxygen atoms in total. The molecule has 0 saturated heterocycles. The van der Waals surface area contributed by atoms with Crippen LogP contribution in [-0.4, -0.2) is 19.0 Å². The molecule has 0 atom stereocenters. The number of carbonyl (C=O) groups excluding carboxylic acids is 2. The molecule has 2 N–H and O–H groups in total. The molecule has 0 heterocycles. The number of benzene rings is 2. The quantitative estimate of drug-likeness (QED) is 0.497. The Labute approximate surface area is 145 Å². The molecule has 0 radical (unpaired) electrons. The van der Waals surface area contributed by atoms with E-state index in [-0.39, 0.29) is 11.5 Å². The van der Waals surface area contributed by atoms with Gasteiger partial charge in [-0.15, -0.1) is 0 Å². The second-order valence-corrected chi connectivity index (χ2v) is 5.21. The predicted molar refractivity (Wildman–Crippen MR) is 94.9 cm³/mol. The summed E-state index contributed by atoms with van der Waals surface area (Å²) in [7, 11) is 1.21. The lowest BCUT2D eigenvalue weighted by Crippen LogP contribution is -2.11. The Morgan fingerprint density at radius 2 is 1.80 bits per heavy atom. The Hall–Kier alpha value is -3.59. The van der Waals surface area contributed by atoms with Crippen molar-refractivity contribution in [2.75, 3.05) is 17.7 Å². The number of rotatable bonds is 5. The number of nitrogens with one attached hydrogen (secondary N) is 2. The Balaban J connectivity index is 2.03. The van der Waals surface area contributed by atoms with E-state index < -0.39 is 5.97 Å². The molecule has 2 rings (SSSR count). The summed E-state index contributed by atoms with van der Waals surface area (Å²) in [4.78, 5) is 23.5. The van der Waals surface area contributed by atoms with Crippen LogP contribution in [-0.2, 0) is 9.53 Å². The van der Waals surface area contributed by atoms with E-state index >= 15 is 0 Å². The van der Waals surface area contributed by atoms with Gasteiger partial charge in [0.15, 0.2) is 5.57 Å². The molecule has 0 aromatic heterocycles. The minimum absolute atomic E-state index is 0.140. The number of esters is 1. The van der Waals surface area contributed by atoms with E-state index in [0.717, 1.165) is 5.56 Å². The summed E-state index contributed by atoms with van der Waals surface area (Å²) >= 11 is 0. The first kappa shape index (κ1) is 17.8. The van der Waals surface area contributed by atoms with Crippen molar-refractivity contribution in [3.05, 3.63) is 71.4 Å². The van der Waals surface area contributed by atoms with Crippen LogP contribution >= 0.6 is 0 Å². The average molecular weight is 335 g/mol. The predicted octanol–water partition coefficient (Wildman–Crippen LogP) is 3.24. The number of ether oxygens (including phenoxy) is 1. The Morgan fingerprint density at radius 1 is 1.12 bits per heavy atom. The van der Waals surface area contributed by atoms with E-state index in [1.165, 1.54) is 13.3 Å². The molecule has 0 fully saturated rings. The van der Waals surface area contributed by atoms with Crippen LogP contribution in [0.4, 0.5) is 11.4 Å². The van der Waals surface area contributed by atoms with Crippen LogP contribution in [0.25, 0.3) is 0 Å². The van der Waals surface area contributed by atoms with Gasteiger partial charge in [-0.05, 0) is 43.3 Å².